The largest absolute Gasteiger partial charge is 0.480 e. The molecular weight excluding hydrogens is 556 g/mol. The Balaban J connectivity index is 1.20. The van der Waals surface area contributed by atoms with E-state index in [4.69, 9.17) is 24.0 Å². The maximum Gasteiger partial charge on any atom is 0.329 e. The molecule has 1 aromatic carbocycles. The van der Waals surface area contributed by atoms with Crippen molar-refractivity contribution >= 4 is 23.5 Å². The van der Waals surface area contributed by atoms with Crippen LogP contribution < -0.4 is 5.32 Å². The van der Waals surface area contributed by atoms with Gasteiger partial charge < -0.3 is 29.7 Å². The Bertz CT molecular complexity index is 1240. The molecule has 1 amide bonds. The summed E-state index contributed by atoms with van der Waals surface area (Å²) in [4.78, 5) is 59.3. The summed E-state index contributed by atoms with van der Waals surface area (Å²) >= 11 is 0. The number of ether oxygens (including phenoxy) is 3. The van der Waals surface area contributed by atoms with Crippen molar-refractivity contribution in [1.82, 2.24) is 5.32 Å². The van der Waals surface area contributed by atoms with E-state index in [1.807, 2.05) is 6.92 Å². The molecule has 1 aromatic rings. The number of nitrogens with zero attached hydrogens (tertiary/aromatic N) is 1. The average Bonchev–Trinajstić information content (AvgIpc) is 3.18. The van der Waals surface area contributed by atoms with Crippen molar-refractivity contribution in [2.24, 2.45) is 23.7 Å². The Morgan fingerprint density at radius 2 is 1.93 bits per heavy atom. The van der Waals surface area contributed by atoms with Gasteiger partial charge in [0.2, 0.25) is 18.0 Å². The van der Waals surface area contributed by atoms with Crippen LogP contribution in [-0.2, 0) is 38.4 Å². The summed E-state index contributed by atoms with van der Waals surface area (Å²) in [7, 11) is 0. The molecule has 1 aliphatic carbocycles. The van der Waals surface area contributed by atoms with Crippen LogP contribution >= 0.6 is 0 Å². The highest BCUT2D eigenvalue weighted by Gasteiger charge is 2.69. The number of benzene rings is 1. The number of aliphatic hydroxyl groups excluding tert-OH is 1. The second-order valence-corrected chi connectivity index (χ2v) is 11.9. The molecule has 42 heavy (non-hydrogen) atoms. The van der Waals surface area contributed by atoms with Crippen molar-refractivity contribution in [2.75, 3.05) is 0 Å². The Labute approximate surface area is 241 Å². The van der Waals surface area contributed by atoms with Crippen LogP contribution in [-0.4, -0.2) is 63.0 Å². The molecule has 14 nitrogen and oxygen atoms in total. The molecule has 3 N–H and O–H groups in total. The molecule has 1 spiro atoms. The van der Waals surface area contributed by atoms with Crippen LogP contribution in [0.25, 0.3) is 0 Å². The van der Waals surface area contributed by atoms with Crippen LogP contribution in [0.4, 0.5) is 5.69 Å². The van der Waals surface area contributed by atoms with Crippen molar-refractivity contribution in [3.8, 4) is 0 Å². The number of hydrogen-bond donors (Lipinski definition) is 3. The first-order chi connectivity index (χ1) is 19.8. The number of amides is 1. The van der Waals surface area contributed by atoms with Crippen LogP contribution in [0.15, 0.2) is 24.3 Å². The third-order valence-corrected chi connectivity index (χ3v) is 9.22. The van der Waals surface area contributed by atoms with E-state index in [0.717, 1.165) is 25.3 Å². The van der Waals surface area contributed by atoms with Crippen LogP contribution in [0.2, 0.25) is 0 Å². The van der Waals surface area contributed by atoms with E-state index < -0.39 is 65.3 Å². The zero-order chi connectivity index (χ0) is 30.4. The number of carboxylic acid groups (broad SMARTS) is 1. The highest BCUT2D eigenvalue weighted by molar-refractivity contribution is 5.86. The number of carbonyl (C=O) groups is 3. The van der Waals surface area contributed by atoms with Gasteiger partial charge in [0.1, 0.15) is 6.10 Å². The molecule has 4 heterocycles. The number of nitro benzene ring substituents is 1. The number of nitrogens with one attached hydrogen (secondary N) is 1. The molecule has 0 aromatic heterocycles. The Morgan fingerprint density at radius 1 is 1.17 bits per heavy atom. The molecule has 1 saturated carbocycles. The van der Waals surface area contributed by atoms with Gasteiger partial charge in [-0.1, -0.05) is 26.0 Å². The molecular formula is C28H36N2O12. The van der Waals surface area contributed by atoms with Crippen LogP contribution in [0, 0.1) is 33.8 Å². The molecule has 5 fully saturated rings. The minimum atomic E-state index is -1.80. The predicted molar refractivity (Wildman–Crippen MR) is 140 cm³/mol. The van der Waals surface area contributed by atoms with Crippen LogP contribution in [0.3, 0.4) is 0 Å². The number of rotatable bonds is 9. The van der Waals surface area contributed by atoms with E-state index in [9.17, 15) is 34.7 Å². The van der Waals surface area contributed by atoms with Gasteiger partial charge in [0.05, 0.1) is 11.3 Å². The quantitative estimate of drug-likeness (QED) is 0.165. The first-order valence-electron chi connectivity index (χ1n) is 14.2. The Kier molecular flexibility index (Phi) is 8.29. The molecule has 5 aliphatic rings. The van der Waals surface area contributed by atoms with Gasteiger partial charge >= 0.3 is 11.9 Å². The number of carboxylic acids is 1. The third kappa shape index (κ3) is 5.49. The maximum absolute atomic E-state index is 12.8. The van der Waals surface area contributed by atoms with Crippen molar-refractivity contribution in [3.05, 3.63) is 39.9 Å². The first kappa shape index (κ1) is 30.3. The van der Waals surface area contributed by atoms with Gasteiger partial charge in [0.25, 0.3) is 5.69 Å². The summed E-state index contributed by atoms with van der Waals surface area (Å²) in [6.45, 7) is 5.90. The minimum absolute atomic E-state index is 0.0606. The maximum atomic E-state index is 12.8. The fraction of sp³-hybridized carbons (Fsp3) is 0.679. The molecule has 6 rings (SSSR count). The molecule has 2 bridgehead atoms. The van der Waals surface area contributed by atoms with Gasteiger partial charge in [-0.3, -0.25) is 19.7 Å². The number of carbonyl (C=O) groups excluding carboxylic acids is 2. The van der Waals surface area contributed by atoms with Crippen molar-refractivity contribution < 1.29 is 53.5 Å². The van der Waals surface area contributed by atoms with E-state index in [-0.39, 0.29) is 35.4 Å². The SMILES string of the molecule is C[C@H]1[C@H](OC(=O)CCC(=O)NC(C(=O)O)C(O)c2cccc([N+](=O)[O-])c2)O[C@@H]2O[C@@]3(C)CC[C@H]4[C@H](C)CC[C@@H]1C24OO3. The lowest BCUT2D eigenvalue weighted by molar-refractivity contribution is -0.576. The summed E-state index contributed by atoms with van der Waals surface area (Å²) < 4.78 is 18.1. The van der Waals surface area contributed by atoms with Crippen molar-refractivity contribution in [2.45, 2.75) is 95.4 Å². The van der Waals surface area contributed by atoms with Crippen LogP contribution in [0.1, 0.15) is 71.0 Å². The van der Waals surface area contributed by atoms with Gasteiger partial charge in [-0.15, -0.1) is 0 Å². The van der Waals surface area contributed by atoms with Crippen molar-refractivity contribution in [1.29, 1.82) is 0 Å². The number of aliphatic carboxylic acids is 1. The highest BCUT2D eigenvalue weighted by atomic mass is 17.3. The fourth-order valence-corrected chi connectivity index (χ4v) is 6.95. The van der Waals surface area contributed by atoms with Gasteiger partial charge in [-0.2, -0.15) is 0 Å². The van der Waals surface area contributed by atoms with Gasteiger partial charge in [-0.25, -0.2) is 14.6 Å². The first-order valence-corrected chi connectivity index (χ1v) is 14.2. The standard InChI is InChI=1S/C28H36N2O12/c1-14-7-8-19-15(2)25(39-26-28(19)18(14)11-12-27(3,40-26)41-42-28)38-21(32)10-9-20(31)29-22(24(34)35)23(33)16-5-4-6-17(13-16)30(36)37/h4-6,13-15,18-19,22-23,25-26,33H,7-12H2,1-3H3,(H,29,31)(H,34,35)/t14-,15-,18+,19+,22?,23?,25-,26-,27-,28?/m1/s1. The predicted octanol–water partition coefficient (Wildman–Crippen LogP) is 2.73. The number of hydrogen-bond acceptors (Lipinski definition) is 11. The molecule has 10 atom stereocenters. The number of esters is 1. The minimum Gasteiger partial charge on any atom is -0.480 e. The lowest BCUT2D eigenvalue weighted by Crippen LogP contribution is -2.70. The Morgan fingerprint density at radius 3 is 2.64 bits per heavy atom. The molecule has 3 unspecified atom stereocenters. The molecule has 230 valence electrons. The second kappa shape index (κ2) is 11.5. The van der Waals surface area contributed by atoms with Gasteiger partial charge in [0.15, 0.2) is 17.9 Å². The lowest BCUT2D eigenvalue weighted by atomic mass is 9.58. The summed E-state index contributed by atoms with van der Waals surface area (Å²) in [5.74, 6) is -3.90. The van der Waals surface area contributed by atoms with E-state index in [2.05, 4.69) is 12.2 Å². The number of aliphatic hydroxyl groups is 1. The van der Waals surface area contributed by atoms with Gasteiger partial charge in [-0.05, 0) is 43.6 Å². The normalized spacial score (nSPS) is 36.6. The van der Waals surface area contributed by atoms with E-state index >= 15 is 0 Å². The summed E-state index contributed by atoms with van der Waals surface area (Å²) in [6, 6.07) is 3.01. The van der Waals surface area contributed by atoms with Crippen LogP contribution in [0.5, 0.6) is 0 Å². The number of nitro groups is 1. The van der Waals surface area contributed by atoms with E-state index in [1.165, 1.54) is 18.2 Å². The third-order valence-electron chi connectivity index (χ3n) is 9.22. The van der Waals surface area contributed by atoms with Crippen molar-refractivity contribution in [3.63, 3.8) is 0 Å². The zero-order valence-electron chi connectivity index (χ0n) is 23.6. The fourth-order valence-electron chi connectivity index (χ4n) is 6.95. The number of fused-ring (bicyclic) bond motifs is 2. The summed E-state index contributed by atoms with van der Waals surface area (Å²) in [5.41, 5.74) is -1.22. The zero-order valence-corrected chi connectivity index (χ0v) is 23.6. The summed E-state index contributed by atoms with van der Waals surface area (Å²) in [6.07, 6.45) is -1.06. The molecule has 14 heteroatoms. The monoisotopic (exact) mass is 592 g/mol. The second-order valence-electron chi connectivity index (χ2n) is 11.9. The average molecular weight is 593 g/mol. The number of non-ortho nitro benzene ring substituents is 1. The lowest BCUT2D eigenvalue weighted by Gasteiger charge is -2.59. The van der Waals surface area contributed by atoms with Gasteiger partial charge in [0, 0.05) is 36.8 Å². The molecule has 4 saturated heterocycles. The smallest absolute Gasteiger partial charge is 0.329 e. The Hall–Kier alpha value is -3.17. The molecule has 0 radical (unpaired) electrons. The topological polar surface area (TPSA) is 193 Å². The van der Waals surface area contributed by atoms with E-state index in [1.54, 1.807) is 6.92 Å². The highest BCUT2D eigenvalue weighted by Crippen LogP contribution is 2.60. The van der Waals surface area contributed by atoms with E-state index in [0.29, 0.717) is 12.3 Å². The molecule has 4 aliphatic heterocycles. The summed E-state index contributed by atoms with van der Waals surface area (Å²) in [5, 5.41) is 33.3.